The Morgan fingerprint density at radius 1 is 0.756 bits per heavy atom. The zero-order chi connectivity index (χ0) is 31.6. The lowest BCUT2D eigenvalue weighted by atomic mass is 9.98. The van der Waals surface area contributed by atoms with Gasteiger partial charge in [-0.3, -0.25) is 9.59 Å². The predicted octanol–water partition coefficient (Wildman–Crippen LogP) is 6.68. The van der Waals surface area contributed by atoms with Crippen molar-refractivity contribution in [2.24, 2.45) is 0 Å². The standard InChI is InChI=1S/C37H38N2O5S/c1-25(27-15-7-4-8-16-27)38-35(40)33(21-22-45-2)39-36(41)34(23-26-13-5-3-6-14-26)44-37(42)43-24-32-30-19-11-9-17-28(30)29-18-10-12-20-31(29)32/h3-20,25,32-34H,21-24H2,1-2H3,(H,38,40)(H,39,41)/t25-,33-,34-/m0/s1. The van der Waals surface area contributed by atoms with Crippen LogP contribution in [0.15, 0.2) is 109 Å². The molecule has 4 aromatic carbocycles. The Labute approximate surface area is 268 Å². The maximum atomic E-state index is 13.7. The minimum absolute atomic E-state index is 0.0721. The average Bonchev–Trinajstić information content (AvgIpc) is 3.39. The number of amides is 2. The van der Waals surface area contributed by atoms with E-state index in [1.807, 2.05) is 110 Å². The number of nitrogens with one attached hydrogen (secondary N) is 2. The Morgan fingerprint density at radius 2 is 1.33 bits per heavy atom. The number of carbonyl (C=O) groups is 3. The van der Waals surface area contributed by atoms with Gasteiger partial charge in [0.25, 0.3) is 5.91 Å². The van der Waals surface area contributed by atoms with Crippen LogP contribution >= 0.6 is 11.8 Å². The zero-order valence-corrected chi connectivity index (χ0v) is 26.3. The largest absolute Gasteiger partial charge is 0.509 e. The SMILES string of the molecule is CSCC[C@H](NC(=O)[C@H](Cc1ccccc1)OC(=O)OCC1c2ccccc2-c2ccccc21)C(=O)N[C@@H](C)c1ccccc1. The van der Waals surface area contributed by atoms with Crippen molar-refractivity contribution in [1.82, 2.24) is 10.6 Å². The van der Waals surface area contributed by atoms with E-state index in [2.05, 4.69) is 22.8 Å². The number of carbonyl (C=O) groups excluding carboxylic acids is 3. The Balaban J connectivity index is 1.27. The Bertz CT molecular complexity index is 1550. The van der Waals surface area contributed by atoms with Crippen molar-refractivity contribution in [3.63, 3.8) is 0 Å². The van der Waals surface area contributed by atoms with Crippen molar-refractivity contribution in [2.45, 2.75) is 43.9 Å². The van der Waals surface area contributed by atoms with Gasteiger partial charge < -0.3 is 20.1 Å². The third-order valence-electron chi connectivity index (χ3n) is 8.03. The van der Waals surface area contributed by atoms with Crippen LogP contribution in [0.1, 0.15) is 47.6 Å². The normalized spacial score (nSPS) is 13.9. The first kappa shape index (κ1) is 31.9. The summed E-state index contributed by atoms with van der Waals surface area (Å²) < 4.78 is 11.3. The first-order valence-corrected chi connectivity index (χ1v) is 16.5. The number of hydrogen-bond acceptors (Lipinski definition) is 6. The van der Waals surface area contributed by atoms with Crippen LogP contribution in [0.3, 0.4) is 0 Å². The van der Waals surface area contributed by atoms with Crippen LogP contribution in [0, 0.1) is 0 Å². The number of rotatable bonds is 13. The minimum atomic E-state index is -1.20. The van der Waals surface area contributed by atoms with Gasteiger partial charge in [0, 0.05) is 12.3 Å². The maximum absolute atomic E-state index is 13.7. The molecule has 7 nitrogen and oxygen atoms in total. The summed E-state index contributed by atoms with van der Waals surface area (Å²) in [5.41, 5.74) is 6.17. The van der Waals surface area contributed by atoms with Gasteiger partial charge in [0.2, 0.25) is 5.91 Å². The average molecular weight is 623 g/mol. The van der Waals surface area contributed by atoms with Gasteiger partial charge in [-0.15, -0.1) is 0 Å². The lowest BCUT2D eigenvalue weighted by Gasteiger charge is -2.24. The number of ether oxygens (including phenoxy) is 2. The minimum Gasteiger partial charge on any atom is -0.433 e. The third-order valence-corrected chi connectivity index (χ3v) is 8.67. The van der Waals surface area contributed by atoms with Gasteiger partial charge in [0.05, 0.1) is 6.04 Å². The molecular weight excluding hydrogens is 584 g/mol. The van der Waals surface area contributed by atoms with Crippen molar-refractivity contribution in [3.05, 3.63) is 131 Å². The maximum Gasteiger partial charge on any atom is 0.509 e. The molecular formula is C37H38N2O5S. The third kappa shape index (κ3) is 8.13. The Morgan fingerprint density at radius 3 is 1.96 bits per heavy atom. The number of hydrogen-bond donors (Lipinski definition) is 2. The molecule has 2 amide bonds. The van der Waals surface area contributed by atoms with Crippen LogP contribution in [0.5, 0.6) is 0 Å². The highest BCUT2D eigenvalue weighted by atomic mass is 32.2. The van der Waals surface area contributed by atoms with Crippen molar-refractivity contribution in [3.8, 4) is 11.1 Å². The second-order valence-corrected chi connectivity index (χ2v) is 12.1. The topological polar surface area (TPSA) is 93.7 Å². The molecule has 5 rings (SSSR count). The molecule has 232 valence electrons. The summed E-state index contributed by atoms with van der Waals surface area (Å²) in [5, 5.41) is 5.87. The quantitative estimate of drug-likeness (QED) is 0.162. The van der Waals surface area contributed by atoms with Gasteiger partial charge >= 0.3 is 6.16 Å². The Kier molecular flexibility index (Phi) is 10.9. The van der Waals surface area contributed by atoms with E-state index < -0.39 is 24.2 Å². The molecule has 2 N–H and O–H groups in total. The first-order chi connectivity index (χ1) is 21.9. The van der Waals surface area contributed by atoms with Crippen LogP contribution in [0.25, 0.3) is 11.1 Å². The molecule has 45 heavy (non-hydrogen) atoms. The van der Waals surface area contributed by atoms with E-state index in [4.69, 9.17) is 9.47 Å². The van der Waals surface area contributed by atoms with Gasteiger partial charge in [-0.2, -0.15) is 11.8 Å². The van der Waals surface area contributed by atoms with Crippen LogP contribution in [-0.2, 0) is 25.5 Å². The monoisotopic (exact) mass is 622 g/mol. The van der Waals surface area contributed by atoms with E-state index in [1.54, 1.807) is 11.8 Å². The summed E-state index contributed by atoms with van der Waals surface area (Å²) in [5.74, 6) is -0.332. The second kappa shape index (κ2) is 15.4. The molecule has 3 atom stereocenters. The fourth-order valence-electron chi connectivity index (χ4n) is 5.67. The molecule has 0 heterocycles. The van der Waals surface area contributed by atoms with Crippen LogP contribution in [0.4, 0.5) is 4.79 Å². The van der Waals surface area contributed by atoms with Crippen LogP contribution in [-0.4, -0.2) is 48.7 Å². The van der Waals surface area contributed by atoms with E-state index in [-0.39, 0.29) is 30.9 Å². The molecule has 0 unspecified atom stereocenters. The molecule has 0 radical (unpaired) electrons. The first-order valence-electron chi connectivity index (χ1n) is 15.1. The number of thioether (sulfide) groups is 1. The van der Waals surface area contributed by atoms with Gasteiger partial charge in [-0.25, -0.2) is 4.79 Å². The van der Waals surface area contributed by atoms with E-state index in [1.165, 1.54) is 0 Å². The van der Waals surface area contributed by atoms with E-state index in [0.29, 0.717) is 12.2 Å². The summed E-state index contributed by atoms with van der Waals surface area (Å²) in [6.45, 7) is 1.97. The molecule has 0 saturated carbocycles. The van der Waals surface area contributed by atoms with E-state index in [0.717, 1.165) is 33.4 Å². The summed E-state index contributed by atoms with van der Waals surface area (Å²) in [6, 6.07) is 34.1. The summed E-state index contributed by atoms with van der Waals surface area (Å²) in [7, 11) is 0. The lowest BCUT2D eigenvalue weighted by Crippen LogP contribution is -2.51. The van der Waals surface area contributed by atoms with Gasteiger partial charge in [0.15, 0.2) is 6.10 Å². The summed E-state index contributed by atoms with van der Waals surface area (Å²) in [6.07, 6.45) is 0.370. The van der Waals surface area contributed by atoms with Crippen molar-refractivity contribution < 1.29 is 23.9 Å². The molecule has 0 aliphatic heterocycles. The highest BCUT2D eigenvalue weighted by Gasteiger charge is 2.32. The summed E-state index contributed by atoms with van der Waals surface area (Å²) in [4.78, 5) is 40.1. The molecule has 0 fully saturated rings. The van der Waals surface area contributed by atoms with E-state index >= 15 is 0 Å². The molecule has 0 aromatic heterocycles. The molecule has 1 aliphatic carbocycles. The van der Waals surface area contributed by atoms with Crippen molar-refractivity contribution in [1.29, 1.82) is 0 Å². The lowest BCUT2D eigenvalue weighted by molar-refractivity contribution is -0.135. The molecule has 8 heteroatoms. The molecule has 0 spiro atoms. The number of benzene rings is 4. The predicted molar refractivity (Wildman–Crippen MR) is 178 cm³/mol. The van der Waals surface area contributed by atoms with Crippen LogP contribution < -0.4 is 10.6 Å². The number of fused-ring (bicyclic) bond motifs is 3. The zero-order valence-electron chi connectivity index (χ0n) is 25.5. The fraction of sp³-hybridized carbons (Fsp3) is 0.270. The smallest absolute Gasteiger partial charge is 0.433 e. The highest BCUT2D eigenvalue weighted by molar-refractivity contribution is 7.98. The van der Waals surface area contributed by atoms with Crippen molar-refractivity contribution in [2.75, 3.05) is 18.6 Å². The highest BCUT2D eigenvalue weighted by Crippen LogP contribution is 2.44. The fourth-order valence-corrected chi connectivity index (χ4v) is 6.14. The molecule has 0 bridgehead atoms. The second-order valence-electron chi connectivity index (χ2n) is 11.1. The van der Waals surface area contributed by atoms with Gasteiger partial charge in [-0.05, 0) is 58.7 Å². The molecule has 0 saturated heterocycles. The van der Waals surface area contributed by atoms with Crippen molar-refractivity contribution >= 4 is 29.7 Å². The van der Waals surface area contributed by atoms with E-state index in [9.17, 15) is 14.4 Å². The molecule has 1 aliphatic rings. The van der Waals surface area contributed by atoms with Crippen LogP contribution in [0.2, 0.25) is 0 Å². The van der Waals surface area contributed by atoms with Gasteiger partial charge in [0.1, 0.15) is 12.6 Å². The summed E-state index contributed by atoms with van der Waals surface area (Å²) >= 11 is 1.58. The van der Waals surface area contributed by atoms with Gasteiger partial charge in [-0.1, -0.05) is 109 Å². The molecule has 4 aromatic rings. The Hall–Kier alpha value is -4.56.